The molecule has 1 heterocycles. The molecule has 0 aliphatic carbocycles. The number of carbonyl (C=O) groups is 1. The molecule has 3 rings (SSSR count). The number of hydrogen-bond donors (Lipinski definition) is 1. The third-order valence-corrected chi connectivity index (χ3v) is 6.65. The highest BCUT2D eigenvalue weighted by atomic mass is 32.2. The van der Waals surface area contributed by atoms with Gasteiger partial charge in [0.25, 0.3) is 10.0 Å². The first-order valence-corrected chi connectivity index (χ1v) is 11.6. The Labute approximate surface area is 178 Å². The van der Waals surface area contributed by atoms with Crippen molar-refractivity contribution in [3.05, 3.63) is 54.1 Å². The number of nitrogens with zero attached hydrogens (tertiary/aromatic N) is 1. The van der Waals surface area contributed by atoms with E-state index in [1.54, 1.807) is 48.5 Å². The Morgan fingerprint density at radius 2 is 1.93 bits per heavy atom. The van der Waals surface area contributed by atoms with E-state index in [4.69, 9.17) is 9.47 Å². The third-order valence-electron chi connectivity index (χ3n) is 4.88. The van der Waals surface area contributed by atoms with Crippen LogP contribution in [-0.2, 0) is 19.6 Å². The maximum atomic E-state index is 13.5. The van der Waals surface area contributed by atoms with Crippen LogP contribution in [0, 0.1) is 6.92 Å². The molecular weight excluding hydrogens is 404 g/mol. The molecule has 2 aromatic rings. The fourth-order valence-corrected chi connectivity index (χ4v) is 4.73. The van der Waals surface area contributed by atoms with Crippen LogP contribution in [-0.4, -0.2) is 46.7 Å². The second-order valence-electron chi connectivity index (χ2n) is 7.16. The maximum Gasteiger partial charge on any atom is 0.264 e. The normalized spacial score (nSPS) is 16.3. The van der Waals surface area contributed by atoms with Crippen LogP contribution < -0.4 is 14.4 Å². The van der Waals surface area contributed by atoms with Gasteiger partial charge in [0.15, 0.2) is 0 Å². The molecule has 1 fully saturated rings. The number of rotatable bonds is 9. The van der Waals surface area contributed by atoms with Crippen molar-refractivity contribution in [2.45, 2.75) is 37.7 Å². The van der Waals surface area contributed by atoms with Crippen molar-refractivity contribution in [2.24, 2.45) is 0 Å². The second-order valence-corrected chi connectivity index (χ2v) is 9.03. The number of anilines is 1. The lowest BCUT2D eigenvalue weighted by molar-refractivity contribution is -0.120. The maximum absolute atomic E-state index is 13.5. The Balaban J connectivity index is 1.90. The molecule has 8 heteroatoms. The van der Waals surface area contributed by atoms with Crippen LogP contribution in [0.1, 0.15) is 25.3 Å². The van der Waals surface area contributed by atoms with E-state index < -0.39 is 15.9 Å². The fraction of sp³-hybridized carbons (Fsp3) is 0.409. The molecule has 1 aliphatic rings. The van der Waals surface area contributed by atoms with Gasteiger partial charge in [-0.2, -0.15) is 0 Å². The van der Waals surface area contributed by atoms with Gasteiger partial charge in [-0.3, -0.25) is 9.10 Å². The second kappa shape index (κ2) is 9.95. The molecule has 0 saturated carbocycles. The molecule has 0 aromatic heterocycles. The summed E-state index contributed by atoms with van der Waals surface area (Å²) < 4.78 is 39.2. The molecule has 0 radical (unpaired) electrons. The number of hydrogen-bond acceptors (Lipinski definition) is 5. The number of benzene rings is 2. The Kier molecular flexibility index (Phi) is 7.33. The summed E-state index contributed by atoms with van der Waals surface area (Å²) in [5, 5.41) is 2.80. The van der Waals surface area contributed by atoms with E-state index in [0.717, 1.165) is 22.7 Å². The van der Waals surface area contributed by atoms with Crippen LogP contribution in [0.2, 0.25) is 0 Å². The molecule has 1 N–H and O–H groups in total. The largest absolute Gasteiger partial charge is 0.492 e. The van der Waals surface area contributed by atoms with Gasteiger partial charge in [-0.15, -0.1) is 0 Å². The quantitative estimate of drug-likeness (QED) is 0.659. The van der Waals surface area contributed by atoms with E-state index >= 15 is 0 Å². The van der Waals surface area contributed by atoms with Gasteiger partial charge in [-0.1, -0.05) is 29.8 Å². The molecule has 0 bridgehead atoms. The summed E-state index contributed by atoms with van der Waals surface area (Å²) in [6, 6.07) is 13.4. The zero-order valence-corrected chi connectivity index (χ0v) is 18.2. The van der Waals surface area contributed by atoms with Crippen LogP contribution in [0.5, 0.6) is 5.75 Å². The predicted octanol–water partition coefficient (Wildman–Crippen LogP) is 2.88. The van der Waals surface area contributed by atoms with E-state index in [9.17, 15) is 13.2 Å². The average Bonchev–Trinajstić information content (AvgIpc) is 3.25. The summed E-state index contributed by atoms with van der Waals surface area (Å²) in [5.74, 6) is 0.00935. The highest BCUT2D eigenvalue weighted by Crippen LogP contribution is 2.32. The van der Waals surface area contributed by atoms with Crippen LogP contribution >= 0.6 is 0 Å². The van der Waals surface area contributed by atoms with Gasteiger partial charge in [0.05, 0.1) is 23.3 Å². The number of ether oxygens (including phenoxy) is 2. The van der Waals surface area contributed by atoms with Crippen molar-refractivity contribution in [2.75, 3.05) is 30.6 Å². The zero-order chi connectivity index (χ0) is 21.6. The highest BCUT2D eigenvalue weighted by Gasteiger charge is 2.29. The molecule has 7 nitrogen and oxygen atoms in total. The molecule has 1 atom stereocenters. The molecule has 162 valence electrons. The van der Waals surface area contributed by atoms with E-state index in [2.05, 4.69) is 5.32 Å². The van der Waals surface area contributed by atoms with Gasteiger partial charge in [-0.05, 0) is 51.0 Å². The third kappa shape index (κ3) is 5.31. The summed E-state index contributed by atoms with van der Waals surface area (Å²) in [5.41, 5.74) is 1.27. The van der Waals surface area contributed by atoms with Crippen LogP contribution in [0.15, 0.2) is 53.4 Å². The van der Waals surface area contributed by atoms with E-state index in [1.165, 1.54) is 0 Å². The highest BCUT2D eigenvalue weighted by molar-refractivity contribution is 7.92. The molecule has 1 saturated heterocycles. The van der Waals surface area contributed by atoms with Crippen molar-refractivity contribution in [3.8, 4) is 5.75 Å². The summed E-state index contributed by atoms with van der Waals surface area (Å²) in [6.07, 6.45) is 1.83. The Hall–Kier alpha value is -2.58. The minimum atomic E-state index is -3.98. The van der Waals surface area contributed by atoms with Crippen LogP contribution in [0.3, 0.4) is 0 Å². The lowest BCUT2D eigenvalue weighted by Gasteiger charge is -2.26. The minimum Gasteiger partial charge on any atom is -0.492 e. The smallest absolute Gasteiger partial charge is 0.264 e. The molecule has 1 aliphatic heterocycles. The van der Waals surface area contributed by atoms with E-state index in [1.807, 2.05) is 13.8 Å². The molecule has 2 aromatic carbocycles. The lowest BCUT2D eigenvalue weighted by Crippen LogP contribution is -2.43. The molecule has 1 amide bonds. The monoisotopic (exact) mass is 432 g/mol. The van der Waals surface area contributed by atoms with E-state index in [-0.39, 0.29) is 17.5 Å². The van der Waals surface area contributed by atoms with Crippen molar-refractivity contribution in [1.82, 2.24) is 5.32 Å². The van der Waals surface area contributed by atoms with Gasteiger partial charge in [0, 0.05) is 13.2 Å². The molecule has 0 spiro atoms. The number of sulfonamides is 1. The number of amides is 1. The minimum absolute atomic E-state index is 0.0215. The topological polar surface area (TPSA) is 84.9 Å². The number of aryl methyl sites for hydroxylation is 1. The summed E-state index contributed by atoms with van der Waals surface area (Å²) >= 11 is 0. The van der Waals surface area contributed by atoms with Gasteiger partial charge < -0.3 is 14.8 Å². The fourth-order valence-electron chi connectivity index (χ4n) is 3.30. The van der Waals surface area contributed by atoms with E-state index in [0.29, 0.717) is 31.2 Å². The SMILES string of the molecule is CCOc1ccccc1N(CC(=O)NC[C@H]1CCCO1)S(=O)(=O)c1ccc(C)cc1. The summed E-state index contributed by atoms with van der Waals surface area (Å²) in [4.78, 5) is 12.8. The first-order chi connectivity index (χ1) is 14.4. The zero-order valence-electron chi connectivity index (χ0n) is 17.3. The van der Waals surface area contributed by atoms with Crippen LogP contribution in [0.4, 0.5) is 5.69 Å². The number of nitrogens with one attached hydrogen (secondary N) is 1. The van der Waals surface area contributed by atoms with Gasteiger partial charge in [-0.25, -0.2) is 8.42 Å². The molecular formula is C22H28N2O5S. The standard InChI is InChI=1S/C22H28N2O5S/c1-3-28-21-9-5-4-8-20(21)24(16-22(25)23-15-18-7-6-14-29-18)30(26,27)19-12-10-17(2)11-13-19/h4-5,8-13,18H,3,6-7,14-16H2,1-2H3,(H,23,25)/t18-/m1/s1. The van der Waals surface area contributed by atoms with Crippen molar-refractivity contribution >= 4 is 21.6 Å². The van der Waals surface area contributed by atoms with Crippen molar-refractivity contribution in [1.29, 1.82) is 0 Å². The number of para-hydroxylation sites is 2. The first kappa shape index (κ1) is 22.1. The Morgan fingerprint density at radius 1 is 1.20 bits per heavy atom. The van der Waals surface area contributed by atoms with Crippen molar-refractivity contribution in [3.63, 3.8) is 0 Å². The van der Waals surface area contributed by atoms with Crippen molar-refractivity contribution < 1.29 is 22.7 Å². The first-order valence-electron chi connectivity index (χ1n) is 10.1. The van der Waals surface area contributed by atoms with Crippen LogP contribution in [0.25, 0.3) is 0 Å². The predicted molar refractivity (Wildman–Crippen MR) is 115 cm³/mol. The van der Waals surface area contributed by atoms with Gasteiger partial charge in [0.2, 0.25) is 5.91 Å². The lowest BCUT2D eigenvalue weighted by atomic mass is 10.2. The molecule has 0 unspecified atom stereocenters. The average molecular weight is 433 g/mol. The Morgan fingerprint density at radius 3 is 2.60 bits per heavy atom. The summed E-state index contributed by atoms with van der Waals surface area (Å²) in [6.45, 7) is 4.79. The van der Waals surface area contributed by atoms with Gasteiger partial charge in [0.1, 0.15) is 12.3 Å². The summed E-state index contributed by atoms with van der Waals surface area (Å²) in [7, 11) is -3.98. The molecule has 30 heavy (non-hydrogen) atoms. The number of carbonyl (C=O) groups excluding carboxylic acids is 1. The Bertz CT molecular complexity index is 954. The van der Waals surface area contributed by atoms with Gasteiger partial charge >= 0.3 is 0 Å².